The van der Waals surface area contributed by atoms with Crippen molar-refractivity contribution in [2.24, 2.45) is 11.8 Å². The molecule has 5 nitrogen and oxygen atoms in total. The molecule has 2 fully saturated rings. The molecule has 0 radical (unpaired) electrons. The first-order valence-corrected chi connectivity index (χ1v) is 14.0. The van der Waals surface area contributed by atoms with Crippen LogP contribution in [0.1, 0.15) is 85.7 Å². The molecule has 4 rings (SSSR count). The number of amides is 1. The molecule has 0 unspecified atom stereocenters. The van der Waals surface area contributed by atoms with Crippen molar-refractivity contribution in [1.29, 1.82) is 0 Å². The number of nitrogens with zero attached hydrogens (tertiary/aromatic N) is 1. The van der Waals surface area contributed by atoms with E-state index in [-0.39, 0.29) is 22.7 Å². The lowest BCUT2D eigenvalue weighted by Crippen LogP contribution is -2.48. The molecule has 0 bridgehead atoms. The van der Waals surface area contributed by atoms with E-state index in [4.69, 9.17) is 0 Å². The Morgan fingerprint density at radius 1 is 1.13 bits per heavy atom. The molecular formula is C24H33NO4S2. The van der Waals surface area contributed by atoms with E-state index in [2.05, 4.69) is 13.0 Å². The molecule has 0 atom stereocenters. The summed E-state index contributed by atoms with van der Waals surface area (Å²) in [4.78, 5) is 29.1. The van der Waals surface area contributed by atoms with Crippen LogP contribution >= 0.6 is 11.3 Å². The highest BCUT2D eigenvalue weighted by Gasteiger charge is 2.38. The zero-order valence-corrected chi connectivity index (χ0v) is 19.9. The van der Waals surface area contributed by atoms with Crippen LogP contribution in [0.15, 0.2) is 12.1 Å². The zero-order valence-electron chi connectivity index (χ0n) is 18.3. The Hall–Kier alpha value is -1.31. The van der Waals surface area contributed by atoms with Crippen LogP contribution in [0.4, 0.5) is 5.69 Å². The number of hydrogen-bond donors (Lipinski definition) is 1. The van der Waals surface area contributed by atoms with Crippen molar-refractivity contribution in [2.75, 3.05) is 16.4 Å². The summed E-state index contributed by atoms with van der Waals surface area (Å²) in [5.74, 6) is 0.894. The van der Waals surface area contributed by atoms with E-state index in [0.29, 0.717) is 36.0 Å². The van der Waals surface area contributed by atoms with E-state index in [1.54, 1.807) is 0 Å². The number of thiophene rings is 1. The molecule has 1 aliphatic heterocycles. The first-order chi connectivity index (χ1) is 14.9. The van der Waals surface area contributed by atoms with E-state index < -0.39 is 17.1 Å². The molecule has 2 heterocycles. The summed E-state index contributed by atoms with van der Waals surface area (Å²) < 4.78 is 12.0. The molecule has 31 heavy (non-hydrogen) atoms. The van der Waals surface area contributed by atoms with Crippen LogP contribution in [-0.2, 0) is 16.0 Å². The molecular weight excluding hydrogens is 430 g/mol. The van der Waals surface area contributed by atoms with Gasteiger partial charge in [-0.25, -0.2) is 4.79 Å². The Kier molecular flexibility index (Phi) is 7.44. The molecule has 1 aromatic heterocycles. The second kappa shape index (κ2) is 10.1. The number of hydrogen-bond acceptors (Lipinski definition) is 4. The van der Waals surface area contributed by atoms with Crippen LogP contribution in [-0.4, -0.2) is 39.1 Å². The number of carbonyl (C=O) groups excluding carboxylic acids is 1. The molecule has 3 aliphatic rings. The van der Waals surface area contributed by atoms with Gasteiger partial charge in [-0.05, 0) is 68.9 Å². The molecule has 0 aromatic carbocycles. The number of carbonyl (C=O) groups is 2. The van der Waals surface area contributed by atoms with Gasteiger partial charge < -0.3 is 14.6 Å². The zero-order chi connectivity index (χ0) is 22.0. The number of aromatic carboxylic acids is 1. The summed E-state index contributed by atoms with van der Waals surface area (Å²) in [6, 6.07) is 1.89. The highest BCUT2D eigenvalue weighted by Crippen LogP contribution is 2.41. The normalized spacial score (nSPS) is 29.3. The Bertz CT molecular complexity index is 833. The van der Waals surface area contributed by atoms with E-state index in [1.165, 1.54) is 23.3 Å². The van der Waals surface area contributed by atoms with Crippen molar-refractivity contribution < 1.29 is 19.2 Å². The third kappa shape index (κ3) is 5.20. The average Bonchev–Trinajstić information content (AvgIpc) is 3.22. The van der Waals surface area contributed by atoms with Crippen molar-refractivity contribution in [3.63, 3.8) is 0 Å². The molecule has 7 heteroatoms. The van der Waals surface area contributed by atoms with Gasteiger partial charge in [0.2, 0.25) is 5.91 Å². The third-order valence-electron chi connectivity index (χ3n) is 7.10. The van der Waals surface area contributed by atoms with Crippen LogP contribution in [0.3, 0.4) is 0 Å². The Morgan fingerprint density at radius 2 is 1.84 bits per heavy atom. The van der Waals surface area contributed by atoms with E-state index in [1.807, 2.05) is 11.0 Å². The standard InChI is InChI=1S/C24H33NO4S2/c1-16-7-9-18(10-8-16)23(26)25(19-11-13-31(29)14-12-19)20-15-21(30-22(20)24(27)28)17-5-3-2-4-6-17/h5,15-16,18-19H,2-4,6-14H2,1H3,(H,27,28)/t16-,18-,19?,31?. The maximum Gasteiger partial charge on any atom is 0.348 e. The van der Waals surface area contributed by atoms with Crippen molar-refractivity contribution in [2.45, 2.75) is 77.2 Å². The number of rotatable bonds is 5. The minimum atomic E-state index is -0.961. The van der Waals surface area contributed by atoms with Crippen LogP contribution in [0.2, 0.25) is 0 Å². The van der Waals surface area contributed by atoms with Gasteiger partial charge in [-0.1, -0.05) is 24.2 Å². The van der Waals surface area contributed by atoms with Gasteiger partial charge >= 0.3 is 5.97 Å². The lowest BCUT2D eigenvalue weighted by molar-refractivity contribution is -0.124. The summed E-state index contributed by atoms with van der Waals surface area (Å²) in [5, 5.41) is 10.00. The molecule has 1 N–H and O–H groups in total. The maximum atomic E-state index is 13.8. The maximum absolute atomic E-state index is 13.8. The fraction of sp³-hybridized carbons (Fsp3) is 0.667. The van der Waals surface area contributed by atoms with Gasteiger partial charge in [-0.15, -0.1) is 11.3 Å². The van der Waals surface area contributed by atoms with Crippen LogP contribution in [0, 0.1) is 11.8 Å². The van der Waals surface area contributed by atoms with Crippen molar-refractivity contribution in [3.05, 3.63) is 21.9 Å². The van der Waals surface area contributed by atoms with Crippen molar-refractivity contribution >= 4 is 45.6 Å². The van der Waals surface area contributed by atoms with Gasteiger partial charge in [0.25, 0.3) is 0 Å². The first-order valence-electron chi connectivity index (χ1n) is 11.7. The Morgan fingerprint density at radius 3 is 2.45 bits per heavy atom. The molecule has 0 spiro atoms. The van der Waals surface area contributed by atoms with Gasteiger partial charge in [-0.2, -0.15) is 0 Å². The van der Waals surface area contributed by atoms with Crippen molar-refractivity contribution in [3.8, 4) is 0 Å². The lowest BCUT2D eigenvalue weighted by atomic mass is 9.82. The number of carboxylic acids is 1. The summed E-state index contributed by atoms with van der Waals surface area (Å²) in [7, 11) is 0. The number of carboxylic acid groups (broad SMARTS) is 1. The molecule has 1 saturated heterocycles. The highest BCUT2D eigenvalue weighted by molar-refractivity contribution is 7.91. The number of anilines is 1. The minimum absolute atomic E-state index is 0.0393. The van der Waals surface area contributed by atoms with Crippen molar-refractivity contribution in [1.82, 2.24) is 0 Å². The predicted octanol–water partition coefficient (Wildman–Crippen LogP) is 5.47. The highest BCUT2D eigenvalue weighted by atomic mass is 32.2. The summed E-state index contributed by atoms with van der Waals surface area (Å²) in [5.41, 5.74) is 1.79. The van der Waals surface area contributed by atoms with E-state index in [0.717, 1.165) is 49.8 Å². The Balaban J connectivity index is 1.70. The summed E-state index contributed by atoms with van der Waals surface area (Å²) in [6.07, 6.45) is 11.7. The molecule has 1 saturated carbocycles. The van der Waals surface area contributed by atoms with Gasteiger partial charge in [-0.3, -0.25) is 4.79 Å². The second-order valence-electron chi connectivity index (χ2n) is 9.35. The largest absolute Gasteiger partial charge is 0.616 e. The summed E-state index contributed by atoms with van der Waals surface area (Å²) >= 11 is 0.480. The molecule has 2 aliphatic carbocycles. The lowest BCUT2D eigenvalue weighted by Gasteiger charge is -2.38. The smallest absolute Gasteiger partial charge is 0.348 e. The minimum Gasteiger partial charge on any atom is -0.616 e. The molecule has 1 aromatic rings. The second-order valence-corrected chi connectivity index (χ2v) is 12.1. The number of allylic oxidation sites excluding steroid dienone is 2. The van der Waals surface area contributed by atoms with Gasteiger partial charge in [0, 0.05) is 29.7 Å². The van der Waals surface area contributed by atoms with Crippen LogP contribution in [0.25, 0.3) is 5.57 Å². The SMILES string of the molecule is C[C@H]1CC[C@H](C(=O)N(c2cc(C3=CCCCC3)sc2C(=O)O)C2CC[S+]([O-])CC2)CC1. The molecule has 1 amide bonds. The monoisotopic (exact) mass is 463 g/mol. The topological polar surface area (TPSA) is 80.7 Å². The fourth-order valence-corrected chi connectivity index (χ4v) is 7.50. The van der Waals surface area contributed by atoms with E-state index in [9.17, 15) is 19.2 Å². The third-order valence-corrected chi connectivity index (χ3v) is 9.67. The van der Waals surface area contributed by atoms with Gasteiger partial charge in [0.1, 0.15) is 16.4 Å². The fourth-order valence-electron chi connectivity index (χ4n) is 5.17. The summed E-state index contributed by atoms with van der Waals surface area (Å²) in [6.45, 7) is 2.24. The van der Waals surface area contributed by atoms with E-state index >= 15 is 0 Å². The van der Waals surface area contributed by atoms with Gasteiger partial charge in [0.15, 0.2) is 0 Å². The quantitative estimate of drug-likeness (QED) is 0.587. The molecule has 170 valence electrons. The Labute approximate surface area is 192 Å². The van der Waals surface area contributed by atoms with Crippen LogP contribution in [0.5, 0.6) is 0 Å². The first kappa shape index (κ1) is 22.9. The predicted molar refractivity (Wildman–Crippen MR) is 127 cm³/mol. The van der Waals surface area contributed by atoms with Gasteiger partial charge in [0.05, 0.1) is 5.69 Å². The van der Waals surface area contributed by atoms with Crippen LogP contribution < -0.4 is 4.90 Å². The average molecular weight is 464 g/mol.